The van der Waals surface area contributed by atoms with Crippen LogP contribution in [-0.2, 0) is 0 Å². The molecule has 0 aromatic rings. The van der Waals surface area contributed by atoms with Gasteiger partial charge in [0.1, 0.15) is 0 Å². The molecule has 0 saturated carbocycles. The third kappa shape index (κ3) is 1.10. The van der Waals surface area contributed by atoms with E-state index >= 15 is 0 Å². The fourth-order valence-electron chi connectivity index (χ4n) is 1.13. The van der Waals surface area contributed by atoms with Gasteiger partial charge in [-0.15, -0.1) is 0 Å². The summed E-state index contributed by atoms with van der Waals surface area (Å²) in [5, 5.41) is 0. The van der Waals surface area contributed by atoms with Crippen LogP contribution in [-0.4, -0.2) is 23.6 Å². The molecule has 1 fully saturated rings. The minimum Gasteiger partial charge on any atom is -0.255 e. The molecule has 1 saturated heterocycles. The summed E-state index contributed by atoms with van der Waals surface area (Å²) in [5.41, 5.74) is 0. The largest absolute Gasteiger partial charge is 0.255 e. The van der Waals surface area contributed by atoms with Crippen molar-refractivity contribution in [2.45, 2.75) is 25.8 Å². The molecule has 0 amide bonds. The van der Waals surface area contributed by atoms with E-state index in [1.165, 1.54) is 27.7 Å². The second-order valence-corrected chi connectivity index (χ2v) is 3.09. The lowest BCUT2D eigenvalue weighted by Gasteiger charge is -2.12. The van der Waals surface area contributed by atoms with Gasteiger partial charge in [-0.3, -0.25) is 4.67 Å². The molecule has 1 aliphatic heterocycles. The molecule has 0 spiro atoms. The van der Waals surface area contributed by atoms with E-state index in [4.69, 9.17) is 0 Å². The fraction of sp³-hybridized carbons (Fsp3) is 0.833. The van der Waals surface area contributed by atoms with Crippen molar-refractivity contribution >= 4 is 14.7 Å². The lowest BCUT2D eigenvalue weighted by Crippen LogP contribution is -2.14. The first-order valence-corrected chi connectivity index (χ1v) is 4.11. The van der Waals surface area contributed by atoms with Crippen LogP contribution in [0.2, 0.25) is 0 Å². The molecule has 0 aromatic carbocycles. The predicted molar refractivity (Wildman–Crippen MR) is 39.4 cm³/mol. The van der Waals surface area contributed by atoms with Gasteiger partial charge in [0, 0.05) is 12.6 Å². The Kier molecular flexibility index (Phi) is 2.04. The summed E-state index contributed by atoms with van der Waals surface area (Å²) in [7, 11) is 1.20. The Labute approximate surface area is 52.5 Å². The van der Waals surface area contributed by atoms with Crippen molar-refractivity contribution in [1.82, 2.24) is 4.67 Å². The Balaban J connectivity index is 2.41. The molecule has 8 heavy (non-hydrogen) atoms. The maximum Gasteiger partial charge on any atom is 0.0151 e. The van der Waals surface area contributed by atoms with Crippen LogP contribution in [0, 0.1) is 0 Å². The molecular weight excluding hydrogens is 117 g/mol. The van der Waals surface area contributed by atoms with E-state index < -0.39 is 0 Å². The Morgan fingerprint density at radius 3 is 2.75 bits per heavy atom. The van der Waals surface area contributed by atoms with Crippen molar-refractivity contribution in [2.24, 2.45) is 0 Å². The van der Waals surface area contributed by atoms with E-state index in [-0.39, 0.29) is 0 Å². The third-order valence-corrected chi connectivity index (χ3v) is 2.66. The Morgan fingerprint density at radius 1 is 1.75 bits per heavy atom. The topological polar surface area (TPSA) is 3.24 Å². The van der Waals surface area contributed by atoms with E-state index in [0.29, 0.717) is 0 Å². The van der Waals surface area contributed by atoms with Crippen molar-refractivity contribution in [2.75, 3.05) is 6.54 Å². The van der Waals surface area contributed by atoms with Crippen molar-refractivity contribution < 1.29 is 0 Å². The summed E-state index contributed by atoms with van der Waals surface area (Å²) < 4.78 is 2.39. The zero-order valence-corrected chi connectivity index (χ0v) is 6.19. The predicted octanol–water partition coefficient (Wildman–Crippen LogP) is 1.76. The van der Waals surface area contributed by atoms with Gasteiger partial charge in [0.05, 0.1) is 0 Å². The quantitative estimate of drug-likeness (QED) is 0.487. The number of hydrogen-bond donors (Lipinski definition) is 0. The zero-order valence-electron chi connectivity index (χ0n) is 5.30. The lowest BCUT2D eigenvalue weighted by atomic mass is 10.3. The molecule has 46 valence electrons. The van der Waals surface area contributed by atoms with Crippen LogP contribution in [0.4, 0.5) is 0 Å². The molecule has 1 atom stereocenters. The lowest BCUT2D eigenvalue weighted by molar-refractivity contribution is 0.465. The van der Waals surface area contributed by atoms with E-state index in [0.717, 1.165) is 6.04 Å². The number of hydrogen-bond acceptors (Lipinski definition) is 1. The molecule has 1 aliphatic rings. The molecule has 0 radical (unpaired) electrons. The smallest absolute Gasteiger partial charge is 0.0151 e. The van der Waals surface area contributed by atoms with Gasteiger partial charge in [-0.1, -0.05) is 6.30 Å². The molecule has 1 rings (SSSR count). The van der Waals surface area contributed by atoms with Gasteiger partial charge in [0.15, 0.2) is 0 Å². The number of rotatable bonds is 1. The maximum absolute atomic E-state index is 3.82. The molecule has 2 heteroatoms. The SMILES string of the molecule is C=PN1CCCC1C. The second-order valence-electron chi connectivity index (χ2n) is 2.30. The Morgan fingerprint density at radius 2 is 2.50 bits per heavy atom. The van der Waals surface area contributed by atoms with Gasteiger partial charge < -0.3 is 0 Å². The minimum atomic E-state index is 0.786. The standard InChI is InChI=1S/C6H12NP/c1-6-4-3-5-7(6)8-2/h6H,2-5H2,1H3. The molecule has 1 nitrogen and oxygen atoms in total. The third-order valence-electron chi connectivity index (χ3n) is 1.70. The highest BCUT2D eigenvalue weighted by Gasteiger charge is 2.16. The normalized spacial score (nSPS) is 31.9. The summed E-state index contributed by atoms with van der Waals surface area (Å²) in [6.07, 6.45) is 6.54. The van der Waals surface area contributed by atoms with Crippen molar-refractivity contribution in [3.05, 3.63) is 0 Å². The van der Waals surface area contributed by atoms with Gasteiger partial charge in [0.2, 0.25) is 0 Å². The van der Waals surface area contributed by atoms with Crippen LogP contribution in [0.5, 0.6) is 0 Å². The van der Waals surface area contributed by atoms with Gasteiger partial charge in [-0.25, -0.2) is 0 Å². The average Bonchev–Trinajstić information content (AvgIpc) is 2.14. The maximum atomic E-state index is 3.82. The van der Waals surface area contributed by atoms with Gasteiger partial charge >= 0.3 is 0 Å². The van der Waals surface area contributed by atoms with Crippen molar-refractivity contribution in [1.29, 1.82) is 0 Å². The summed E-state index contributed by atoms with van der Waals surface area (Å²) in [5.74, 6) is 0. The molecular formula is C6H12NP. The van der Waals surface area contributed by atoms with Gasteiger partial charge in [-0.2, -0.15) is 0 Å². The minimum absolute atomic E-state index is 0.786. The highest BCUT2D eigenvalue weighted by atomic mass is 31.1. The summed E-state index contributed by atoms with van der Waals surface area (Å²) >= 11 is 0. The van der Waals surface area contributed by atoms with Crippen LogP contribution in [0.25, 0.3) is 0 Å². The average molecular weight is 129 g/mol. The van der Waals surface area contributed by atoms with Gasteiger partial charge in [0.25, 0.3) is 0 Å². The molecule has 0 N–H and O–H groups in total. The van der Waals surface area contributed by atoms with E-state index in [9.17, 15) is 0 Å². The van der Waals surface area contributed by atoms with Crippen LogP contribution in [0.3, 0.4) is 0 Å². The van der Waals surface area contributed by atoms with E-state index in [2.05, 4.69) is 17.9 Å². The first kappa shape index (κ1) is 6.25. The van der Waals surface area contributed by atoms with Crippen LogP contribution < -0.4 is 0 Å². The van der Waals surface area contributed by atoms with Crippen LogP contribution >= 0.6 is 8.35 Å². The van der Waals surface area contributed by atoms with E-state index in [1.807, 2.05) is 0 Å². The molecule has 1 unspecified atom stereocenters. The highest BCUT2D eigenvalue weighted by Crippen LogP contribution is 2.22. The monoisotopic (exact) mass is 129 g/mol. The number of nitrogens with zero attached hydrogens (tertiary/aromatic N) is 1. The first-order chi connectivity index (χ1) is 3.84. The summed E-state index contributed by atoms with van der Waals surface area (Å²) in [6, 6.07) is 0.786. The van der Waals surface area contributed by atoms with Crippen molar-refractivity contribution in [3.8, 4) is 0 Å². The highest BCUT2D eigenvalue weighted by molar-refractivity contribution is 7.33. The first-order valence-electron chi connectivity index (χ1n) is 3.08. The molecule has 0 aromatic heterocycles. The Bertz CT molecular complexity index is 92.5. The van der Waals surface area contributed by atoms with Gasteiger partial charge in [-0.05, 0) is 28.1 Å². The van der Waals surface area contributed by atoms with Crippen LogP contribution in [0.15, 0.2) is 0 Å². The summed E-state index contributed by atoms with van der Waals surface area (Å²) in [6.45, 7) is 3.53. The zero-order chi connectivity index (χ0) is 5.98. The molecule has 0 aliphatic carbocycles. The molecule has 1 heterocycles. The Hall–Kier alpha value is 0.130. The fourth-order valence-corrected chi connectivity index (χ4v) is 1.81. The van der Waals surface area contributed by atoms with Crippen LogP contribution in [0.1, 0.15) is 19.8 Å². The van der Waals surface area contributed by atoms with E-state index in [1.54, 1.807) is 0 Å². The van der Waals surface area contributed by atoms with Crippen molar-refractivity contribution in [3.63, 3.8) is 0 Å². The molecule has 0 bridgehead atoms. The summed E-state index contributed by atoms with van der Waals surface area (Å²) in [4.78, 5) is 0. The second kappa shape index (κ2) is 2.61.